The van der Waals surface area contributed by atoms with Crippen molar-refractivity contribution in [3.05, 3.63) is 17.8 Å². The first-order chi connectivity index (χ1) is 8.21. The van der Waals surface area contributed by atoms with Gasteiger partial charge in [-0.15, -0.1) is 10.2 Å². The molecule has 2 N–H and O–H groups in total. The first-order valence-electron chi connectivity index (χ1n) is 5.52. The second-order valence-corrected chi connectivity index (χ2v) is 3.59. The van der Waals surface area contributed by atoms with Crippen LogP contribution in [0.25, 0.3) is 0 Å². The molecule has 1 heterocycles. The van der Waals surface area contributed by atoms with Gasteiger partial charge in [0.05, 0.1) is 12.6 Å². The Morgan fingerprint density at radius 2 is 2.24 bits per heavy atom. The minimum absolute atomic E-state index is 0.195. The molecule has 0 aromatic carbocycles. The van der Waals surface area contributed by atoms with Crippen LogP contribution in [0.1, 0.15) is 23.8 Å². The standard InChI is InChI=1S/C11H18N4O2/c1-4-8(7-17-3)13-10-6-5-9(14-15-10)11(16)12-2/h5-6,8H,4,7H2,1-3H3,(H,12,16)(H,13,15). The van der Waals surface area contributed by atoms with E-state index in [1.807, 2.05) is 0 Å². The Hall–Kier alpha value is -1.69. The fraction of sp³-hybridized carbons (Fsp3) is 0.545. The van der Waals surface area contributed by atoms with E-state index in [9.17, 15) is 4.79 Å². The van der Waals surface area contributed by atoms with Gasteiger partial charge in [0.15, 0.2) is 5.69 Å². The Morgan fingerprint density at radius 1 is 1.47 bits per heavy atom. The third-order valence-electron chi connectivity index (χ3n) is 2.34. The molecule has 0 saturated carbocycles. The number of nitrogens with zero attached hydrogens (tertiary/aromatic N) is 2. The number of hydrogen-bond donors (Lipinski definition) is 2. The highest BCUT2D eigenvalue weighted by Crippen LogP contribution is 2.06. The molecule has 0 radical (unpaired) electrons. The number of hydrogen-bond acceptors (Lipinski definition) is 5. The zero-order valence-electron chi connectivity index (χ0n) is 10.4. The summed E-state index contributed by atoms with van der Waals surface area (Å²) >= 11 is 0. The molecule has 0 aliphatic carbocycles. The molecule has 17 heavy (non-hydrogen) atoms. The van der Waals surface area contributed by atoms with Gasteiger partial charge < -0.3 is 15.4 Å². The van der Waals surface area contributed by atoms with E-state index >= 15 is 0 Å². The van der Waals surface area contributed by atoms with Crippen LogP contribution in [0, 0.1) is 0 Å². The van der Waals surface area contributed by atoms with Gasteiger partial charge in [-0.3, -0.25) is 4.79 Å². The third kappa shape index (κ3) is 3.99. The molecule has 6 heteroatoms. The summed E-state index contributed by atoms with van der Waals surface area (Å²) in [6.45, 7) is 2.67. The van der Waals surface area contributed by atoms with E-state index in [1.165, 1.54) is 0 Å². The van der Waals surface area contributed by atoms with Crippen LogP contribution < -0.4 is 10.6 Å². The molecule has 0 bridgehead atoms. The van der Waals surface area contributed by atoms with Gasteiger partial charge in [0.2, 0.25) is 0 Å². The maximum absolute atomic E-state index is 11.3. The summed E-state index contributed by atoms with van der Waals surface area (Å²) < 4.78 is 5.07. The Morgan fingerprint density at radius 3 is 2.71 bits per heavy atom. The van der Waals surface area contributed by atoms with Crippen LogP contribution in [-0.2, 0) is 4.74 Å². The predicted octanol–water partition coefficient (Wildman–Crippen LogP) is 0.673. The summed E-state index contributed by atoms with van der Waals surface area (Å²) in [6.07, 6.45) is 0.923. The molecule has 1 atom stereocenters. The van der Waals surface area contributed by atoms with E-state index in [2.05, 4.69) is 27.8 Å². The normalized spacial score (nSPS) is 11.9. The van der Waals surface area contributed by atoms with Gasteiger partial charge in [-0.05, 0) is 18.6 Å². The highest BCUT2D eigenvalue weighted by Gasteiger charge is 2.08. The van der Waals surface area contributed by atoms with Crippen molar-refractivity contribution in [3.63, 3.8) is 0 Å². The van der Waals surface area contributed by atoms with Crippen LogP contribution in [0.2, 0.25) is 0 Å². The van der Waals surface area contributed by atoms with Crippen molar-refractivity contribution in [3.8, 4) is 0 Å². The molecule has 0 fully saturated rings. The molecule has 0 aliphatic rings. The van der Waals surface area contributed by atoms with Crippen molar-refractivity contribution >= 4 is 11.7 Å². The first-order valence-corrected chi connectivity index (χ1v) is 5.52. The molecule has 94 valence electrons. The summed E-state index contributed by atoms with van der Waals surface area (Å²) in [5.74, 6) is 0.398. The molecule has 1 aromatic heterocycles. The largest absolute Gasteiger partial charge is 0.383 e. The van der Waals surface area contributed by atoms with E-state index in [1.54, 1.807) is 26.3 Å². The summed E-state index contributed by atoms with van der Waals surface area (Å²) in [4.78, 5) is 11.3. The summed E-state index contributed by atoms with van der Waals surface area (Å²) in [5, 5.41) is 13.4. The molecule has 1 aromatic rings. The van der Waals surface area contributed by atoms with Crippen LogP contribution in [0.5, 0.6) is 0 Å². The van der Waals surface area contributed by atoms with Crippen LogP contribution >= 0.6 is 0 Å². The number of amides is 1. The molecule has 1 amide bonds. The minimum atomic E-state index is -0.243. The molecule has 0 saturated heterocycles. The Kier molecular flexibility index (Phi) is 5.35. The minimum Gasteiger partial charge on any atom is -0.383 e. The number of nitrogens with one attached hydrogen (secondary N) is 2. The average Bonchev–Trinajstić information content (AvgIpc) is 2.38. The lowest BCUT2D eigenvalue weighted by atomic mass is 10.2. The van der Waals surface area contributed by atoms with Gasteiger partial charge in [-0.25, -0.2) is 0 Å². The Labute approximate surface area is 101 Å². The van der Waals surface area contributed by atoms with Crippen molar-refractivity contribution < 1.29 is 9.53 Å². The zero-order chi connectivity index (χ0) is 12.7. The molecule has 1 rings (SSSR count). The van der Waals surface area contributed by atoms with E-state index < -0.39 is 0 Å². The number of methoxy groups -OCH3 is 1. The van der Waals surface area contributed by atoms with Crippen LogP contribution in [0.4, 0.5) is 5.82 Å². The van der Waals surface area contributed by atoms with E-state index in [0.717, 1.165) is 6.42 Å². The molecular weight excluding hydrogens is 220 g/mol. The number of carbonyl (C=O) groups is 1. The predicted molar refractivity (Wildman–Crippen MR) is 65.0 cm³/mol. The lowest BCUT2D eigenvalue weighted by molar-refractivity contribution is 0.0957. The fourth-order valence-electron chi connectivity index (χ4n) is 1.33. The summed E-state index contributed by atoms with van der Waals surface area (Å²) in [6, 6.07) is 3.56. The maximum Gasteiger partial charge on any atom is 0.271 e. The van der Waals surface area contributed by atoms with Gasteiger partial charge in [0.1, 0.15) is 5.82 Å². The number of rotatable bonds is 6. The fourth-order valence-corrected chi connectivity index (χ4v) is 1.33. The zero-order valence-corrected chi connectivity index (χ0v) is 10.4. The van der Waals surface area contributed by atoms with E-state index in [-0.39, 0.29) is 11.9 Å². The highest BCUT2D eigenvalue weighted by atomic mass is 16.5. The third-order valence-corrected chi connectivity index (χ3v) is 2.34. The van der Waals surface area contributed by atoms with Gasteiger partial charge in [0, 0.05) is 14.2 Å². The monoisotopic (exact) mass is 238 g/mol. The van der Waals surface area contributed by atoms with Crippen molar-refractivity contribution in [2.45, 2.75) is 19.4 Å². The van der Waals surface area contributed by atoms with Crippen molar-refractivity contribution in [1.29, 1.82) is 0 Å². The number of aromatic nitrogens is 2. The van der Waals surface area contributed by atoms with E-state index in [4.69, 9.17) is 4.74 Å². The lowest BCUT2D eigenvalue weighted by Gasteiger charge is -2.15. The van der Waals surface area contributed by atoms with Crippen molar-refractivity contribution in [2.24, 2.45) is 0 Å². The van der Waals surface area contributed by atoms with Crippen molar-refractivity contribution in [2.75, 3.05) is 26.1 Å². The van der Waals surface area contributed by atoms with Gasteiger partial charge in [0.25, 0.3) is 5.91 Å². The summed E-state index contributed by atoms with van der Waals surface area (Å²) in [5.41, 5.74) is 0.304. The SMILES string of the molecule is CCC(COC)Nc1ccc(C(=O)NC)nn1. The second-order valence-electron chi connectivity index (χ2n) is 3.59. The van der Waals surface area contributed by atoms with Crippen molar-refractivity contribution in [1.82, 2.24) is 15.5 Å². The number of ether oxygens (including phenoxy) is 1. The smallest absolute Gasteiger partial charge is 0.271 e. The summed E-state index contributed by atoms with van der Waals surface area (Å²) in [7, 11) is 3.21. The van der Waals surface area contributed by atoms with Crippen LogP contribution in [0.15, 0.2) is 12.1 Å². The molecule has 0 spiro atoms. The maximum atomic E-state index is 11.3. The highest BCUT2D eigenvalue weighted by molar-refractivity contribution is 5.91. The van der Waals surface area contributed by atoms with Gasteiger partial charge in [-0.1, -0.05) is 6.92 Å². The van der Waals surface area contributed by atoms with Gasteiger partial charge >= 0.3 is 0 Å². The van der Waals surface area contributed by atoms with E-state index in [0.29, 0.717) is 18.1 Å². The molecule has 0 aliphatic heterocycles. The quantitative estimate of drug-likeness (QED) is 0.762. The lowest BCUT2D eigenvalue weighted by Crippen LogP contribution is -2.25. The second kappa shape index (κ2) is 6.80. The number of anilines is 1. The van der Waals surface area contributed by atoms with Gasteiger partial charge in [-0.2, -0.15) is 0 Å². The topological polar surface area (TPSA) is 76.1 Å². The number of carbonyl (C=O) groups excluding carboxylic acids is 1. The molecule has 6 nitrogen and oxygen atoms in total. The average molecular weight is 238 g/mol. The first kappa shape index (κ1) is 13.4. The Balaban J connectivity index is 2.64. The molecular formula is C11H18N4O2. The molecule has 1 unspecified atom stereocenters. The van der Waals surface area contributed by atoms with Crippen LogP contribution in [-0.4, -0.2) is 42.9 Å². The Bertz CT molecular complexity index is 353. The van der Waals surface area contributed by atoms with Crippen LogP contribution in [0.3, 0.4) is 0 Å².